The first-order chi connectivity index (χ1) is 31.2. The van der Waals surface area contributed by atoms with Crippen molar-refractivity contribution >= 4 is 80.1 Å². The van der Waals surface area contributed by atoms with Gasteiger partial charge >= 0.3 is 0 Å². The van der Waals surface area contributed by atoms with Crippen molar-refractivity contribution in [3.05, 3.63) is 237 Å². The van der Waals surface area contributed by atoms with E-state index in [1.54, 1.807) is 0 Å². The molecule has 3 heteroatoms. The van der Waals surface area contributed by atoms with Gasteiger partial charge in [-0.2, -0.15) is 0 Å². The maximum atomic E-state index is 2.52. The van der Waals surface area contributed by atoms with Crippen LogP contribution in [-0.2, 0) is 0 Å². The van der Waals surface area contributed by atoms with Crippen molar-refractivity contribution in [2.45, 2.75) is 0 Å². The molecule has 0 atom stereocenters. The van der Waals surface area contributed by atoms with Crippen LogP contribution < -0.4 is 4.90 Å². The molecule has 63 heavy (non-hydrogen) atoms. The second-order valence-corrected chi connectivity index (χ2v) is 18.1. The molecule has 0 saturated heterocycles. The van der Waals surface area contributed by atoms with Gasteiger partial charge in [0, 0.05) is 41.3 Å². The first-order valence-electron chi connectivity index (χ1n) is 21.4. The monoisotopic (exact) mass is 837 g/mol. The zero-order valence-corrected chi connectivity index (χ0v) is 35.9. The van der Waals surface area contributed by atoms with Crippen LogP contribution in [0.25, 0.3) is 96.0 Å². The summed E-state index contributed by atoms with van der Waals surface area (Å²) >= 11 is 3.78. The Morgan fingerprint density at radius 3 is 1.35 bits per heavy atom. The largest absolute Gasteiger partial charge is 0.308 e. The van der Waals surface area contributed by atoms with Crippen LogP contribution >= 0.6 is 22.7 Å². The maximum absolute atomic E-state index is 2.52. The highest BCUT2D eigenvalue weighted by Crippen LogP contribution is 2.52. The molecule has 0 saturated carbocycles. The number of benzene rings is 10. The third-order valence-corrected chi connectivity index (χ3v) is 14.7. The molecule has 0 unspecified atom stereocenters. The number of anilines is 3. The minimum absolute atomic E-state index is 1.11. The third kappa shape index (κ3) is 6.61. The molecule has 0 spiro atoms. The van der Waals surface area contributed by atoms with Crippen LogP contribution in [0.15, 0.2) is 237 Å². The van der Waals surface area contributed by atoms with Gasteiger partial charge in [-0.05, 0) is 92.0 Å². The minimum atomic E-state index is 1.11. The van der Waals surface area contributed by atoms with Gasteiger partial charge in [0.15, 0.2) is 0 Å². The average Bonchev–Trinajstić information content (AvgIpc) is 3.94. The molecule has 2 aromatic heterocycles. The Hall–Kier alpha value is -7.56. The second-order valence-electron chi connectivity index (χ2n) is 16.0. The molecule has 0 aliphatic carbocycles. The fourth-order valence-corrected chi connectivity index (χ4v) is 11.8. The van der Waals surface area contributed by atoms with E-state index >= 15 is 0 Å². The summed E-state index contributed by atoms with van der Waals surface area (Å²) < 4.78 is 5.11. The van der Waals surface area contributed by atoms with Gasteiger partial charge in [-0.25, -0.2) is 0 Å². The van der Waals surface area contributed by atoms with Crippen LogP contribution in [-0.4, -0.2) is 0 Å². The van der Waals surface area contributed by atoms with E-state index in [1.165, 1.54) is 102 Å². The average molecular weight is 838 g/mol. The lowest BCUT2D eigenvalue weighted by molar-refractivity contribution is 1.32. The summed E-state index contributed by atoms with van der Waals surface area (Å²) in [5, 5.41) is 5.07. The van der Waals surface area contributed by atoms with Crippen molar-refractivity contribution in [2.24, 2.45) is 0 Å². The summed E-state index contributed by atoms with van der Waals surface area (Å²) in [7, 11) is 0. The van der Waals surface area contributed by atoms with Crippen molar-refractivity contribution < 1.29 is 0 Å². The molecule has 0 radical (unpaired) electrons. The summed E-state index contributed by atoms with van der Waals surface area (Å²) in [4.78, 5) is 2.52. The molecule has 1 nitrogen and oxygen atoms in total. The van der Waals surface area contributed by atoms with E-state index in [4.69, 9.17) is 0 Å². The topological polar surface area (TPSA) is 3.24 Å². The van der Waals surface area contributed by atoms with E-state index in [0.717, 1.165) is 11.4 Å². The van der Waals surface area contributed by atoms with Crippen LogP contribution in [0, 0.1) is 0 Å². The molecule has 296 valence electrons. The van der Waals surface area contributed by atoms with Gasteiger partial charge in [0.05, 0.1) is 16.1 Å². The van der Waals surface area contributed by atoms with Crippen LogP contribution in [0.3, 0.4) is 0 Å². The smallest absolute Gasteiger partial charge is 0.0640 e. The molecule has 0 N–H and O–H groups in total. The van der Waals surface area contributed by atoms with Crippen molar-refractivity contribution in [2.75, 3.05) is 4.90 Å². The Kier molecular flexibility index (Phi) is 9.29. The predicted octanol–water partition coefficient (Wildman–Crippen LogP) is 18.2. The quantitative estimate of drug-likeness (QED) is 0.147. The lowest BCUT2D eigenvalue weighted by atomic mass is 9.94. The van der Waals surface area contributed by atoms with E-state index in [-0.39, 0.29) is 0 Å². The lowest BCUT2D eigenvalue weighted by Gasteiger charge is -2.28. The van der Waals surface area contributed by atoms with Crippen molar-refractivity contribution in [3.63, 3.8) is 0 Å². The molecule has 12 aromatic rings. The second kappa shape index (κ2) is 15.7. The zero-order valence-electron chi connectivity index (χ0n) is 34.3. The Morgan fingerprint density at radius 1 is 0.270 bits per heavy atom. The van der Waals surface area contributed by atoms with E-state index in [1.807, 2.05) is 22.7 Å². The minimum Gasteiger partial charge on any atom is -0.308 e. The predicted molar refractivity (Wildman–Crippen MR) is 274 cm³/mol. The molecule has 0 aliphatic heterocycles. The highest BCUT2D eigenvalue weighted by atomic mass is 32.1. The van der Waals surface area contributed by atoms with Gasteiger partial charge in [0.1, 0.15) is 0 Å². The summed E-state index contributed by atoms with van der Waals surface area (Å²) in [6.07, 6.45) is 0. The fraction of sp³-hybridized carbons (Fsp3) is 0. The number of hydrogen-bond acceptors (Lipinski definition) is 3. The zero-order chi connectivity index (χ0) is 41.7. The van der Waals surface area contributed by atoms with Crippen LogP contribution in [0.4, 0.5) is 17.1 Å². The van der Waals surface area contributed by atoms with Gasteiger partial charge in [-0.15, -0.1) is 22.7 Å². The first kappa shape index (κ1) is 37.2. The molecule has 0 aliphatic rings. The number of thiophene rings is 2. The third-order valence-electron chi connectivity index (χ3n) is 12.3. The molecular formula is C60H39NS2. The van der Waals surface area contributed by atoms with E-state index < -0.39 is 0 Å². The number of fused-ring (bicyclic) bond motifs is 6. The highest BCUT2D eigenvalue weighted by molar-refractivity contribution is 7.27. The highest BCUT2D eigenvalue weighted by Gasteiger charge is 2.24. The summed E-state index contributed by atoms with van der Waals surface area (Å²) in [6.45, 7) is 0. The van der Waals surface area contributed by atoms with Gasteiger partial charge in [0.2, 0.25) is 0 Å². The Morgan fingerprint density at radius 2 is 0.746 bits per heavy atom. The van der Waals surface area contributed by atoms with Crippen LogP contribution in [0.5, 0.6) is 0 Å². The van der Waals surface area contributed by atoms with Gasteiger partial charge < -0.3 is 4.90 Å². The van der Waals surface area contributed by atoms with Crippen LogP contribution in [0.1, 0.15) is 0 Å². The summed E-state index contributed by atoms with van der Waals surface area (Å²) in [6, 6.07) is 86.5. The van der Waals surface area contributed by atoms with Gasteiger partial charge in [0.25, 0.3) is 0 Å². The normalized spacial score (nSPS) is 11.5. The molecule has 0 fully saturated rings. The van der Waals surface area contributed by atoms with E-state index in [0.29, 0.717) is 0 Å². The number of nitrogens with zero attached hydrogens (tertiary/aromatic N) is 1. The number of hydrogen-bond donors (Lipinski definition) is 0. The molecule has 0 amide bonds. The van der Waals surface area contributed by atoms with Crippen molar-refractivity contribution in [1.82, 2.24) is 0 Å². The van der Waals surface area contributed by atoms with Gasteiger partial charge in [-0.3, -0.25) is 0 Å². The maximum Gasteiger partial charge on any atom is 0.0640 e. The fourth-order valence-electron chi connectivity index (χ4n) is 9.28. The summed E-state index contributed by atoms with van der Waals surface area (Å²) in [5.74, 6) is 0. The molecule has 10 aromatic carbocycles. The SMILES string of the molecule is c1ccc(-c2ccc3c(c2)sc2c(N(c4ccc(-c5ccccc5-c5ccccc5)cc4)c4ccc(-c5ccccc5)c5sc6cc(-c7ccccc7)ccc6c45)cccc23)cc1. The first-order valence-corrected chi connectivity index (χ1v) is 23.0. The van der Waals surface area contributed by atoms with Crippen LogP contribution in [0.2, 0.25) is 0 Å². The Bertz CT molecular complexity index is 3590. The molecule has 2 heterocycles. The van der Waals surface area contributed by atoms with E-state index in [9.17, 15) is 0 Å². The van der Waals surface area contributed by atoms with Crippen molar-refractivity contribution in [1.29, 1.82) is 0 Å². The molecular weight excluding hydrogens is 799 g/mol. The molecule has 12 rings (SSSR count). The standard InChI is InChI=1S/C60H39NS2/c1-5-16-40(17-6-1)45-30-34-51-52-26-15-27-55(59(52)62-56(51)38-45)61(47-32-28-44(29-33-47)49-25-14-13-24-48(49)42-20-9-3-10-21-42)54-37-36-50(43-22-11-4-12-23-43)60-58(54)53-35-31-46(39-57(53)63-60)41-18-7-2-8-19-41/h1-39H. The lowest BCUT2D eigenvalue weighted by Crippen LogP contribution is -2.10. The summed E-state index contributed by atoms with van der Waals surface area (Å²) in [5.41, 5.74) is 15.7. The van der Waals surface area contributed by atoms with Gasteiger partial charge in [-0.1, -0.05) is 200 Å². The van der Waals surface area contributed by atoms with Crippen molar-refractivity contribution in [3.8, 4) is 55.6 Å². The van der Waals surface area contributed by atoms with E-state index in [2.05, 4.69) is 241 Å². The Balaban J connectivity index is 1.10. The molecule has 0 bridgehead atoms. The Labute approximate surface area is 375 Å². The number of rotatable bonds is 8.